The number of ether oxygens (including phenoxy) is 2. The quantitative estimate of drug-likeness (QED) is 0.214. The van der Waals surface area contributed by atoms with Crippen LogP contribution in [0.4, 0.5) is 18.9 Å². The van der Waals surface area contributed by atoms with Crippen LogP contribution in [0.3, 0.4) is 0 Å². The Labute approximate surface area is 261 Å². The van der Waals surface area contributed by atoms with Crippen LogP contribution in [-0.4, -0.2) is 49.1 Å². The number of piperidine rings is 1. The van der Waals surface area contributed by atoms with Gasteiger partial charge in [0.1, 0.15) is 11.3 Å². The number of halogens is 3. The Morgan fingerprint density at radius 2 is 1.82 bits per heavy atom. The molecule has 1 aromatic heterocycles. The van der Waals surface area contributed by atoms with E-state index in [1.807, 2.05) is 7.05 Å². The summed E-state index contributed by atoms with van der Waals surface area (Å²) in [7, 11) is 2.01. The van der Waals surface area contributed by atoms with E-state index in [2.05, 4.69) is 15.0 Å². The molecule has 1 saturated heterocycles. The number of nitrogens with one attached hydrogen (secondary N) is 1. The van der Waals surface area contributed by atoms with Crippen LogP contribution in [0.2, 0.25) is 0 Å². The number of alkyl halides is 3. The molecule has 0 saturated carbocycles. The molecule has 2 heterocycles. The number of aryl methyl sites for hydroxylation is 1. The van der Waals surface area contributed by atoms with Crippen molar-refractivity contribution in [3.8, 4) is 17.2 Å². The van der Waals surface area contributed by atoms with Crippen molar-refractivity contribution in [3.63, 3.8) is 0 Å². The van der Waals surface area contributed by atoms with E-state index in [9.17, 15) is 22.8 Å². The number of Topliss-reactive ketones (excluding diaryl/α,β-unsaturated/α-hetero) is 1. The number of carbonyl (C=O) groups is 2. The predicted molar refractivity (Wildman–Crippen MR) is 166 cm³/mol. The molecule has 3 atom stereocenters. The number of benzene rings is 3. The van der Waals surface area contributed by atoms with E-state index in [4.69, 9.17) is 21.9 Å². The third kappa shape index (κ3) is 5.50. The van der Waals surface area contributed by atoms with Crippen LogP contribution in [0.1, 0.15) is 50.8 Å². The molecule has 7 N–H and O–H groups in total. The smallest absolute Gasteiger partial charge is 0.453 e. The number of likely N-dealkylation sites (tertiary alicyclic amines) is 1. The molecule has 0 spiro atoms. The van der Waals surface area contributed by atoms with Gasteiger partial charge >= 0.3 is 6.36 Å². The summed E-state index contributed by atoms with van der Waals surface area (Å²) in [5.74, 6) is -1.26. The highest BCUT2D eigenvalue weighted by atomic mass is 32.1. The van der Waals surface area contributed by atoms with Gasteiger partial charge in [0.25, 0.3) is 5.91 Å². The maximum absolute atomic E-state index is 14.2. The first kappa shape index (κ1) is 30.8. The second kappa shape index (κ2) is 11.3. The summed E-state index contributed by atoms with van der Waals surface area (Å²) in [5.41, 5.74) is 20.6. The lowest BCUT2D eigenvalue weighted by Crippen LogP contribution is -2.53. The van der Waals surface area contributed by atoms with Gasteiger partial charge < -0.3 is 36.9 Å². The number of anilines is 1. The molecular formula is C32H32F3N5O4S. The van der Waals surface area contributed by atoms with Crippen LogP contribution in [-0.2, 0) is 10.3 Å². The molecule has 9 nitrogen and oxygen atoms in total. The number of likely N-dealkylation sites (N-methyl/N-ethyl adjacent to an activating group) is 1. The molecule has 0 bridgehead atoms. The highest BCUT2D eigenvalue weighted by Crippen LogP contribution is 2.50. The molecule has 13 heteroatoms. The van der Waals surface area contributed by atoms with Crippen LogP contribution in [0.25, 0.3) is 10.1 Å². The van der Waals surface area contributed by atoms with Gasteiger partial charge in [-0.05, 0) is 80.4 Å². The lowest BCUT2D eigenvalue weighted by Gasteiger charge is -2.37. The molecule has 1 aliphatic carbocycles. The fourth-order valence-corrected chi connectivity index (χ4v) is 7.58. The first-order valence-corrected chi connectivity index (χ1v) is 15.2. The molecule has 6 rings (SSSR count). The first-order chi connectivity index (χ1) is 21.3. The molecule has 2 aliphatic rings. The number of carbonyl (C=O) groups excluding carboxylic acids is 2. The van der Waals surface area contributed by atoms with Crippen molar-refractivity contribution in [3.05, 3.63) is 81.7 Å². The molecule has 3 aromatic carbocycles. The van der Waals surface area contributed by atoms with Crippen LogP contribution < -0.4 is 32.0 Å². The van der Waals surface area contributed by atoms with E-state index in [-0.39, 0.29) is 23.4 Å². The average molecular weight is 640 g/mol. The van der Waals surface area contributed by atoms with E-state index in [0.717, 1.165) is 32.0 Å². The summed E-state index contributed by atoms with van der Waals surface area (Å²) in [6.45, 7) is 3.40. The van der Waals surface area contributed by atoms with Gasteiger partial charge in [-0.2, -0.15) is 0 Å². The number of hydrogen-bond acceptors (Lipinski definition) is 9. The summed E-state index contributed by atoms with van der Waals surface area (Å²) in [6.07, 6.45) is -3.09. The second-order valence-electron chi connectivity index (χ2n) is 11.5. The van der Waals surface area contributed by atoms with Gasteiger partial charge in [-0.3, -0.25) is 9.59 Å². The highest BCUT2D eigenvalue weighted by Gasteiger charge is 2.49. The van der Waals surface area contributed by atoms with Crippen LogP contribution in [0.5, 0.6) is 17.2 Å². The van der Waals surface area contributed by atoms with Crippen LogP contribution in [0, 0.1) is 6.92 Å². The number of nitrogens with zero attached hydrogens (tertiary/aromatic N) is 1. The zero-order chi connectivity index (χ0) is 32.3. The van der Waals surface area contributed by atoms with Crippen molar-refractivity contribution in [2.24, 2.45) is 11.5 Å². The van der Waals surface area contributed by atoms with Crippen molar-refractivity contribution < 1.29 is 32.2 Å². The van der Waals surface area contributed by atoms with E-state index in [0.29, 0.717) is 42.9 Å². The maximum Gasteiger partial charge on any atom is 0.573 e. The van der Waals surface area contributed by atoms with E-state index >= 15 is 0 Å². The minimum absolute atomic E-state index is 0.0371. The molecule has 236 valence electrons. The molecular weight excluding hydrogens is 607 g/mol. The van der Waals surface area contributed by atoms with Gasteiger partial charge in [0, 0.05) is 29.2 Å². The lowest BCUT2D eigenvalue weighted by atomic mass is 9.69. The third-order valence-electron chi connectivity index (χ3n) is 8.40. The molecule has 4 aromatic rings. The fourth-order valence-electron chi connectivity index (χ4n) is 6.38. The Hall–Kier alpha value is -4.17. The number of rotatable bonds is 6. The van der Waals surface area contributed by atoms with Crippen LogP contribution in [0.15, 0.2) is 54.6 Å². The summed E-state index contributed by atoms with van der Waals surface area (Å²) < 4.78 is 49.2. The highest BCUT2D eigenvalue weighted by molar-refractivity contribution is 7.21. The summed E-state index contributed by atoms with van der Waals surface area (Å²) in [6, 6.07) is 12.2. The fraction of sp³-hybridized carbons (Fsp3) is 0.312. The number of amides is 1. The minimum Gasteiger partial charge on any atom is -0.453 e. The largest absolute Gasteiger partial charge is 0.573 e. The number of hydrogen-bond donors (Lipinski definition) is 4. The standard InChI is InChI=1S/C32H32F3N5O4S/c1-16-14-18(43-22-7-3-4-8-23(22)44-32(33,34)35)9-10-19(16)31(38)20-11-12-21(36)27-24(20)25(26(37)29(31)41)28(45-27)30(42)39-17-6-5-13-40(2)15-17/h3-4,7-12,14,17,26H,5-6,13,15,36-38H2,1-2H3,(H,39,42). The molecule has 45 heavy (non-hydrogen) atoms. The van der Waals surface area contributed by atoms with Gasteiger partial charge in [-0.25, -0.2) is 0 Å². The molecule has 1 aliphatic heterocycles. The van der Waals surface area contributed by atoms with E-state index in [1.54, 1.807) is 31.2 Å². The van der Waals surface area contributed by atoms with Crippen molar-refractivity contribution in [2.45, 2.75) is 43.8 Å². The number of para-hydroxylation sites is 2. The number of nitrogen functional groups attached to an aromatic ring is 1. The van der Waals surface area contributed by atoms with Crippen LogP contribution >= 0.6 is 11.3 Å². The Kier molecular flexibility index (Phi) is 7.76. The van der Waals surface area contributed by atoms with Crippen molar-refractivity contribution in [1.29, 1.82) is 0 Å². The SMILES string of the molecule is Cc1cc(Oc2ccccc2OC(F)(F)F)ccc1C1(N)C(=O)C(N)c2c(C(=O)NC3CCCN(C)C3)sc3c(N)ccc1c23. The number of nitrogens with two attached hydrogens (primary N) is 3. The Balaban J connectivity index is 1.39. The zero-order valence-corrected chi connectivity index (χ0v) is 25.4. The van der Waals surface area contributed by atoms with Gasteiger partial charge in [0.05, 0.1) is 15.6 Å². The monoisotopic (exact) mass is 639 g/mol. The summed E-state index contributed by atoms with van der Waals surface area (Å²) >= 11 is 1.19. The van der Waals surface area contributed by atoms with E-state index in [1.165, 1.54) is 35.6 Å². The van der Waals surface area contributed by atoms with Crippen molar-refractivity contribution in [2.75, 3.05) is 25.9 Å². The molecule has 1 fully saturated rings. The lowest BCUT2D eigenvalue weighted by molar-refractivity contribution is -0.275. The summed E-state index contributed by atoms with van der Waals surface area (Å²) in [4.78, 5) is 30.3. The Morgan fingerprint density at radius 3 is 2.51 bits per heavy atom. The second-order valence-corrected chi connectivity index (χ2v) is 12.6. The normalized spacial score (nSPS) is 22.0. The molecule has 3 unspecified atom stereocenters. The predicted octanol–water partition coefficient (Wildman–Crippen LogP) is 5.09. The summed E-state index contributed by atoms with van der Waals surface area (Å²) in [5, 5.41) is 3.69. The Morgan fingerprint density at radius 1 is 1.11 bits per heavy atom. The third-order valence-corrected chi connectivity index (χ3v) is 9.66. The van der Waals surface area contributed by atoms with E-state index < -0.39 is 29.5 Å². The maximum atomic E-state index is 14.2. The first-order valence-electron chi connectivity index (χ1n) is 14.3. The minimum atomic E-state index is -4.90. The Bertz CT molecular complexity index is 1830. The topological polar surface area (TPSA) is 146 Å². The average Bonchev–Trinajstić information content (AvgIpc) is 3.38. The van der Waals surface area contributed by atoms with Gasteiger partial charge in [0.2, 0.25) is 0 Å². The van der Waals surface area contributed by atoms with Crippen molar-refractivity contribution in [1.82, 2.24) is 10.2 Å². The molecule has 1 amide bonds. The number of ketones is 1. The van der Waals surface area contributed by atoms with Gasteiger partial charge in [0.15, 0.2) is 17.3 Å². The van der Waals surface area contributed by atoms with Gasteiger partial charge in [-0.1, -0.05) is 24.3 Å². The molecule has 0 radical (unpaired) electrons. The zero-order valence-electron chi connectivity index (χ0n) is 24.5. The van der Waals surface area contributed by atoms with Crippen molar-refractivity contribution >= 4 is 38.8 Å². The number of thiophene rings is 1. The van der Waals surface area contributed by atoms with Gasteiger partial charge in [-0.15, -0.1) is 24.5 Å².